The number of alkyl halides is 3. The molecule has 2 aromatic rings. The van der Waals surface area contributed by atoms with Crippen LogP contribution in [0.3, 0.4) is 0 Å². The molecule has 0 aromatic carbocycles. The summed E-state index contributed by atoms with van der Waals surface area (Å²) in [6.45, 7) is 3.61. The monoisotopic (exact) mass is 337 g/mol. The predicted molar refractivity (Wildman–Crippen MR) is 84.1 cm³/mol. The first-order valence-corrected chi connectivity index (χ1v) is 7.79. The number of piperidine rings is 1. The van der Waals surface area contributed by atoms with E-state index in [9.17, 15) is 13.2 Å². The first-order valence-electron chi connectivity index (χ1n) is 7.79. The zero-order chi connectivity index (χ0) is 17.2. The Hall–Kier alpha value is -2.31. The summed E-state index contributed by atoms with van der Waals surface area (Å²) in [7, 11) is 0. The second-order valence-electron chi connectivity index (χ2n) is 5.84. The van der Waals surface area contributed by atoms with Crippen molar-refractivity contribution in [2.75, 3.05) is 18.0 Å². The zero-order valence-corrected chi connectivity index (χ0v) is 13.3. The van der Waals surface area contributed by atoms with E-state index in [2.05, 4.69) is 14.9 Å². The smallest absolute Gasteiger partial charge is 0.417 e. The molecule has 1 aliphatic rings. The van der Waals surface area contributed by atoms with Gasteiger partial charge in [0.25, 0.3) is 0 Å². The fourth-order valence-electron chi connectivity index (χ4n) is 2.75. The van der Waals surface area contributed by atoms with Crippen LogP contribution in [0, 0.1) is 6.92 Å². The van der Waals surface area contributed by atoms with Crippen molar-refractivity contribution in [3.8, 4) is 5.88 Å². The number of rotatable bonds is 3. The maximum Gasteiger partial charge on any atom is 0.417 e. The average molecular weight is 337 g/mol. The van der Waals surface area contributed by atoms with Crippen molar-refractivity contribution in [1.82, 2.24) is 9.97 Å². The molecule has 0 amide bonds. The molecule has 3 rings (SSSR count). The Bertz CT molecular complexity index is 680. The molecule has 0 atom stereocenters. The minimum Gasteiger partial charge on any atom is -0.474 e. The van der Waals surface area contributed by atoms with E-state index in [0.29, 0.717) is 0 Å². The summed E-state index contributed by atoms with van der Waals surface area (Å²) in [5.74, 6) is 0.237. The summed E-state index contributed by atoms with van der Waals surface area (Å²) in [6.07, 6.45) is -0.217. The average Bonchev–Trinajstić information content (AvgIpc) is 2.55. The third-order valence-electron chi connectivity index (χ3n) is 4.04. The van der Waals surface area contributed by atoms with Gasteiger partial charge in [-0.2, -0.15) is 13.2 Å². The molecule has 0 saturated carbocycles. The highest BCUT2D eigenvalue weighted by molar-refractivity contribution is 5.46. The molecule has 1 fully saturated rings. The third-order valence-corrected chi connectivity index (χ3v) is 4.04. The lowest BCUT2D eigenvalue weighted by molar-refractivity contribution is -0.137. The van der Waals surface area contributed by atoms with Gasteiger partial charge in [0.15, 0.2) is 0 Å². The standard InChI is InChI=1S/C17H18F3N3O/c1-12-10-14(4-7-21-12)23-8-5-15(6-9-23)24-16-3-2-13(11-22-16)17(18,19)20/h2-4,7,10-11,15H,5-6,8-9H2,1H3. The highest BCUT2D eigenvalue weighted by Gasteiger charge is 2.31. The third kappa shape index (κ3) is 3.96. The summed E-state index contributed by atoms with van der Waals surface area (Å²) < 4.78 is 43.3. The van der Waals surface area contributed by atoms with Crippen molar-refractivity contribution in [2.24, 2.45) is 0 Å². The molecule has 1 saturated heterocycles. The van der Waals surface area contributed by atoms with Crippen LogP contribution >= 0.6 is 0 Å². The Morgan fingerprint density at radius 2 is 1.88 bits per heavy atom. The van der Waals surface area contributed by atoms with Gasteiger partial charge in [0.05, 0.1) is 5.56 Å². The second kappa shape index (κ2) is 6.67. The molecule has 24 heavy (non-hydrogen) atoms. The van der Waals surface area contributed by atoms with Gasteiger partial charge >= 0.3 is 6.18 Å². The van der Waals surface area contributed by atoms with Crippen LogP contribution in [-0.4, -0.2) is 29.2 Å². The van der Waals surface area contributed by atoms with Crippen LogP contribution in [0.4, 0.5) is 18.9 Å². The lowest BCUT2D eigenvalue weighted by atomic mass is 10.1. The van der Waals surface area contributed by atoms with Crippen LogP contribution in [0.15, 0.2) is 36.7 Å². The molecule has 1 aliphatic heterocycles. The van der Waals surface area contributed by atoms with E-state index in [4.69, 9.17) is 4.74 Å². The minimum absolute atomic E-state index is 0.0339. The normalized spacial score (nSPS) is 16.2. The van der Waals surface area contributed by atoms with Gasteiger partial charge < -0.3 is 9.64 Å². The Balaban J connectivity index is 1.55. The molecule has 0 spiro atoms. The number of pyridine rings is 2. The number of halogens is 3. The zero-order valence-electron chi connectivity index (χ0n) is 13.3. The van der Waals surface area contributed by atoms with Gasteiger partial charge in [-0.25, -0.2) is 4.98 Å². The number of ether oxygens (including phenoxy) is 1. The SMILES string of the molecule is Cc1cc(N2CCC(Oc3ccc(C(F)(F)F)cn3)CC2)ccn1. The van der Waals surface area contributed by atoms with Gasteiger partial charge in [-0.05, 0) is 25.1 Å². The van der Waals surface area contributed by atoms with E-state index >= 15 is 0 Å². The molecule has 0 radical (unpaired) electrons. The molecule has 0 unspecified atom stereocenters. The van der Waals surface area contributed by atoms with E-state index in [1.54, 1.807) is 6.20 Å². The number of hydrogen-bond acceptors (Lipinski definition) is 4. The van der Waals surface area contributed by atoms with Crippen molar-refractivity contribution in [2.45, 2.75) is 32.0 Å². The molecule has 128 valence electrons. The largest absolute Gasteiger partial charge is 0.474 e. The minimum atomic E-state index is -4.38. The number of hydrogen-bond donors (Lipinski definition) is 0. The van der Waals surface area contributed by atoms with Gasteiger partial charge in [-0.3, -0.25) is 4.98 Å². The number of aryl methyl sites for hydroxylation is 1. The van der Waals surface area contributed by atoms with E-state index in [1.165, 1.54) is 6.07 Å². The van der Waals surface area contributed by atoms with E-state index in [1.807, 2.05) is 19.1 Å². The second-order valence-corrected chi connectivity index (χ2v) is 5.84. The van der Waals surface area contributed by atoms with Crippen LogP contribution in [0.25, 0.3) is 0 Å². The highest BCUT2D eigenvalue weighted by atomic mass is 19.4. The van der Waals surface area contributed by atoms with Crippen molar-refractivity contribution in [3.05, 3.63) is 47.9 Å². The summed E-state index contributed by atoms with van der Waals surface area (Å²) in [5.41, 5.74) is 1.34. The first-order chi connectivity index (χ1) is 11.4. The van der Waals surface area contributed by atoms with Gasteiger partial charge in [0.1, 0.15) is 6.10 Å². The van der Waals surface area contributed by atoms with Crippen LogP contribution in [0.5, 0.6) is 5.88 Å². The number of aromatic nitrogens is 2. The quantitative estimate of drug-likeness (QED) is 0.853. The summed E-state index contributed by atoms with van der Waals surface area (Å²) in [6, 6.07) is 6.29. The Morgan fingerprint density at radius 3 is 2.46 bits per heavy atom. The fraction of sp³-hybridized carbons (Fsp3) is 0.412. The van der Waals surface area contributed by atoms with Crippen LogP contribution in [0.2, 0.25) is 0 Å². The molecular formula is C17H18F3N3O. The summed E-state index contributed by atoms with van der Waals surface area (Å²) >= 11 is 0. The molecule has 4 nitrogen and oxygen atoms in total. The van der Waals surface area contributed by atoms with Crippen LogP contribution < -0.4 is 9.64 Å². The molecule has 0 N–H and O–H groups in total. The van der Waals surface area contributed by atoms with Gasteiger partial charge in [0, 0.05) is 55.8 Å². The van der Waals surface area contributed by atoms with E-state index in [0.717, 1.165) is 49.6 Å². The Kier molecular flexibility index (Phi) is 4.59. The van der Waals surface area contributed by atoms with Crippen molar-refractivity contribution >= 4 is 5.69 Å². The maximum absolute atomic E-state index is 12.5. The lowest BCUT2D eigenvalue weighted by Gasteiger charge is -2.33. The Morgan fingerprint density at radius 1 is 1.12 bits per heavy atom. The molecule has 0 aliphatic carbocycles. The molecule has 3 heterocycles. The Labute approximate surface area is 138 Å². The molecule has 0 bridgehead atoms. The van der Waals surface area contributed by atoms with Crippen molar-refractivity contribution in [3.63, 3.8) is 0 Å². The predicted octanol–water partition coefficient (Wildman–Crippen LogP) is 3.85. The highest BCUT2D eigenvalue weighted by Crippen LogP contribution is 2.29. The van der Waals surface area contributed by atoms with Gasteiger partial charge in [-0.1, -0.05) is 0 Å². The van der Waals surface area contributed by atoms with Gasteiger partial charge in [0.2, 0.25) is 5.88 Å². The van der Waals surface area contributed by atoms with E-state index < -0.39 is 11.7 Å². The summed E-state index contributed by atoms with van der Waals surface area (Å²) in [5, 5.41) is 0. The fourth-order valence-corrected chi connectivity index (χ4v) is 2.75. The van der Waals surface area contributed by atoms with Crippen LogP contribution in [0.1, 0.15) is 24.1 Å². The van der Waals surface area contributed by atoms with Crippen LogP contribution in [-0.2, 0) is 6.18 Å². The molecule has 7 heteroatoms. The maximum atomic E-state index is 12.5. The molecule has 2 aromatic heterocycles. The topological polar surface area (TPSA) is 38.2 Å². The van der Waals surface area contributed by atoms with Crippen molar-refractivity contribution in [1.29, 1.82) is 0 Å². The van der Waals surface area contributed by atoms with Gasteiger partial charge in [-0.15, -0.1) is 0 Å². The number of nitrogens with zero attached hydrogens (tertiary/aromatic N) is 3. The first kappa shape index (κ1) is 16.5. The van der Waals surface area contributed by atoms with E-state index in [-0.39, 0.29) is 12.0 Å². The molecular weight excluding hydrogens is 319 g/mol. The van der Waals surface area contributed by atoms with Crippen molar-refractivity contribution < 1.29 is 17.9 Å². The summed E-state index contributed by atoms with van der Waals surface area (Å²) in [4.78, 5) is 10.2. The lowest BCUT2D eigenvalue weighted by Crippen LogP contribution is -2.38. The number of anilines is 1.